The maximum atomic E-state index is 6.59. The van der Waals surface area contributed by atoms with Crippen LogP contribution in [0.15, 0.2) is 24.3 Å². The van der Waals surface area contributed by atoms with Crippen molar-refractivity contribution in [1.82, 2.24) is 4.90 Å². The van der Waals surface area contributed by atoms with Crippen LogP contribution in [-0.4, -0.2) is 31.6 Å². The summed E-state index contributed by atoms with van der Waals surface area (Å²) in [6, 6.07) is 8.08. The molecular weight excluding hydrogens is 270 g/mol. The van der Waals surface area contributed by atoms with Crippen molar-refractivity contribution in [2.24, 2.45) is 0 Å². The van der Waals surface area contributed by atoms with Crippen molar-refractivity contribution in [2.45, 2.75) is 44.9 Å². The highest BCUT2D eigenvalue weighted by Gasteiger charge is 2.13. The summed E-state index contributed by atoms with van der Waals surface area (Å²) in [5.41, 5.74) is 1.14. The molecule has 0 spiro atoms. The first-order chi connectivity index (χ1) is 9.71. The van der Waals surface area contributed by atoms with E-state index in [0.717, 1.165) is 30.9 Å². The Bertz CT molecular complexity index is 362. The Hall–Kier alpha value is -0.730. The Morgan fingerprint density at radius 2 is 1.80 bits per heavy atom. The molecule has 0 aliphatic rings. The topological polar surface area (TPSA) is 12.5 Å². The number of ether oxygens (including phenoxy) is 1. The standard InChI is InChI=1S/C17H28ClNO/c1-4-6-11-19(12-7-5-2)14-17(18)15-9-8-10-16(13-15)20-3/h8-10,13,17H,4-7,11-12,14H2,1-3H3. The van der Waals surface area contributed by atoms with Crippen molar-refractivity contribution in [1.29, 1.82) is 0 Å². The molecule has 3 heteroatoms. The zero-order chi connectivity index (χ0) is 14.8. The highest BCUT2D eigenvalue weighted by atomic mass is 35.5. The van der Waals surface area contributed by atoms with Crippen LogP contribution in [0.2, 0.25) is 0 Å². The van der Waals surface area contributed by atoms with E-state index in [9.17, 15) is 0 Å². The number of hydrogen-bond donors (Lipinski definition) is 0. The van der Waals surface area contributed by atoms with Gasteiger partial charge in [0.25, 0.3) is 0 Å². The maximum Gasteiger partial charge on any atom is 0.119 e. The van der Waals surface area contributed by atoms with E-state index >= 15 is 0 Å². The molecule has 2 nitrogen and oxygen atoms in total. The number of methoxy groups -OCH3 is 1. The van der Waals surface area contributed by atoms with Crippen LogP contribution in [0, 0.1) is 0 Å². The van der Waals surface area contributed by atoms with E-state index in [1.165, 1.54) is 25.7 Å². The highest BCUT2D eigenvalue weighted by Crippen LogP contribution is 2.25. The number of benzene rings is 1. The Morgan fingerprint density at radius 3 is 2.35 bits per heavy atom. The van der Waals surface area contributed by atoms with E-state index in [-0.39, 0.29) is 5.38 Å². The fourth-order valence-corrected chi connectivity index (χ4v) is 2.56. The van der Waals surface area contributed by atoms with Crippen LogP contribution in [0.25, 0.3) is 0 Å². The zero-order valence-corrected chi connectivity index (χ0v) is 13.8. The molecule has 1 aromatic carbocycles. The molecule has 20 heavy (non-hydrogen) atoms. The van der Waals surface area contributed by atoms with Gasteiger partial charge in [-0.3, -0.25) is 0 Å². The summed E-state index contributed by atoms with van der Waals surface area (Å²) in [7, 11) is 1.69. The largest absolute Gasteiger partial charge is 0.497 e. The summed E-state index contributed by atoms with van der Waals surface area (Å²) in [5, 5.41) is 0.0267. The molecule has 0 fully saturated rings. The summed E-state index contributed by atoms with van der Waals surface area (Å²) in [4.78, 5) is 2.49. The number of unbranched alkanes of at least 4 members (excludes halogenated alkanes) is 2. The van der Waals surface area contributed by atoms with Gasteiger partial charge in [-0.25, -0.2) is 0 Å². The van der Waals surface area contributed by atoms with Crippen LogP contribution < -0.4 is 4.74 Å². The predicted molar refractivity (Wildman–Crippen MR) is 87.8 cm³/mol. The Kier molecular flexibility index (Phi) is 8.72. The second-order valence-electron chi connectivity index (χ2n) is 5.25. The second-order valence-corrected chi connectivity index (χ2v) is 5.78. The van der Waals surface area contributed by atoms with Crippen molar-refractivity contribution in [3.8, 4) is 5.75 Å². The molecule has 1 unspecified atom stereocenters. The van der Waals surface area contributed by atoms with Crippen LogP contribution in [0.3, 0.4) is 0 Å². The molecule has 114 valence electrons. The summed E-state index contributed by atoms with van der Waals surface area (Å²) >= 11 is 6.59. The van der Waals surface area contributed by atoms with Crippen molar-refractivity contribution < 1.29 is 4.74 Å². The summed E-state index contributed by atoms with van der Waals surface area (Å²) in [6.07, 6.45) is 4.94. The molecule has 0 heterocycles. The van der Waals surface area contributed by atoms with Crippen LogP contribution in [0.4, 0.5) is 0 Å². The lowest BCUT2D eigenvalue weighted by atomic mass is 10.1. The molecular formula is C17H28ClNO. The lowest BCUT2D eigenvalue weighted by Gasteiger charge is -2.25. The number of nitrogens with zero attached hydrogens (tertiary/aromatic N) is 1. The quantitative estimate of drug-likeness (QED) is 0.571. The fourth-order valence-electron chi connectivity index (χ4n) is 2.23. The number of halogens is 1. The molecule has 1 rings (SSSR count). The fraction of sp³-hybridized carbons (Fsp3) is 0.647. The van der Waals surface area contributed by atoms with Crippen LogP contribution >= 0.6 is 11.6 Å². The van der Waals surface area contributed by atoms with Crippen molar-refractivity contribution in [3.63, 3.8) is 0 Å². The lowest BCUT2D eigenvalue weighted by Crippen LogP contribution is -2.29. The van der Waals surface area contributed by atoms with Gasteiger partial charge in [0.15, 0.2) is 0 Å². The molecule has 0 bridgehead atoms. The molecule has 0 aliphatic carbocycles. The first-order valence-electron chi connectivity index (χ1n) is 7.71. The predicted octanol–water partition coefficient (Wildman–Crippen LogP) is 4.88. The van der Waals surface area contributed by atoms with E-state index in [1.54, 1.807) is 7.11 Å². The average molecular weight is 298 g/mol. The van der Waals surface area contributed by atoms with Gasteiger partial charge in [-0.1, -0.05) is 38.8 Å². The monoisotopic (exact) mass is 297 g/mol. The van der Waals surface area contributed by atoms with Crippen molar-refractivity contribution >= 4 is 11.6 Å². The molecule has 0 aliphatic heterocycles. The third-order valence-corrected chi connectivity index (χ3v) is 3.92. The Labute approximate surface area is 129 Å². The van der Waals surface area contributed by atoms with Crippen molar-refractivity contribution in [2.75, 3.05) is 26.7 Å². The summed E-state index contributed by atoms with van der Waals surface area (Å²) < 4.78 is 5.27. The molecule has 1 atom stereocenters. The minimum Gasteiger partial charge on any atom is -0.497 e. The third-order valence-electron chi connectivity index (χ3n) is 3.53. The van der Waals surface area contributed by atoms with Gasteiger partial charge in [-0.2, -0.15) is 0 Å². The number of hydrogen-bond acceptors (Lipinski definition) is 2. The zero-order valence-electron chi connectivity index (χ0n) is 13.1. The molecule has 0 N–H and O–H groups in total. The first kappa shape index (κ1) is 17.3. The SMILES string of the molecule is CCCCN(CCCC)CC(Cl)c1cccc(OC)c1. The van der Waals surface area contributed by atoms with Gasteiger partial charge in [0.05, 0.1) is 12.5 Å². The smallest absolute Gasteiger partial charge is 0.119 e. The third kappa shape index (κ3) is 6.15. The molecule has 0 saturated heterocycles. The van der Waals surface area contributed by atoms with Gasteiger partial charge in [-0.15, -0.1) is 11.6 Å². The highest BCUT2D eigenvalue weighted by molar-refractivity contribution is 6.21. The first-order valence-corrected chi connectivity index (χ1v) is 8.15. The Morgan fingerprint density at radius 1 is 1.15 bits per heavy atom. The Balaban J connectivity index is 2.60. The molecule has 0 saturated carbocycles. The minimum absolute atomic E-state index is 0.0267. The van der Waals surface area contributed by atoms with Crippen LogP contribution in [0.5, 0.6) is 5.75 Å². The van der Waals surface area contributed by atoms with E-state index in [1.807, 2.05) is 18.2 Å². The van der Waals surface area contributed by atoms with Gasteiger partial charge in [0.1, 0.15) is 5.75 Å². The van der Waals surface area contributed by atoms with Gasteiger partial charge in [0.2, 0.25) is 0 Å². The van der Waals surface area contributed by atoms with E-state index in [2.05, 4.69) is 24.8 Å². The molecule has 1 aromatic rings. The normalized spacial score (nSPS) is 12.7. The molecule has 0 amide bonds. The van der Waals surface area contributed by atoms with Gasteiger partial charge in [0, 0.05) is 6.54 Å². The van der Waals surface area contributed by atoms with Gasteiger partial charge in [-0.05, 0) is 43.6 Å². The van der Waals surface area contributed by atoms with E-state index in [4.69, 9.17) is 16.3 Å². The number of rotatable bonds is 10. The van der Waals surface area contributed by atoms with Crippen LogP contribution in [0.1, 0.15) is 50.5 Å². The molecule has 0 radical (unpaired) electrons. The van der Waals surface area contributed by atoms with Gasteiger partial charge >= 0.3 is 0 Å². The second kappa shape index (κ2) is 10.1. The van der Waals surface area contributed by atoms with E-state index < -0.39 is 0 Å². The average Bonchev–Trinajstić information content (AvgIpc) is 2.49. The van der Waals surface area contributed by atoms with Gasteiger partial charge < -0.3 is 9.64 Å². The molecule has 0 aromatic heterocycles. The van der Waals surface area contributed by atoms with Crippen molar-refractivity contribution in [3.05, 3.63) is 29.8 Å². The summed E-state index contributed by atoms with van der Waals surface area (Å²) in [6.45, 7) is 7.67. The van der Waals surface area contributed by atoms with E-state index in [0.29, 0.717) is 0 Å². The maximum absolute atomic E-state index is 6.59. The minimum atomic E-state index is 0.0267. The van der Waals surface area contributed by atoms with Crippen LogP contribution in [-0.2, 0) is 0 Å². The number of alkyl halides is 1. The lowest BCUT2D eigenvalue weighted by molar-refractivity contribution is 0.265. The summed E-state index contributed by atoms with van der Waals surface area (Å²) in [5.74, 6) is 0.877.